The van der Waals surface area contributed by atoms with Crippen LogP contribution >= 0.6 is 26.6 Å². The van der Waals surface area contributed by atoms with E-state index in [1.807, 2.05) is 0 Å². The molecule has 1 aromatic carbocycles. The maximum Gasteiger partial charge on any atom is 0.261 e. The van der Waals surface area contributed by atoms with Crippen molar-refractivity contribution in [3.63, 3.8) is 0 Å². The van der Waals surface area contributed by atoms with E-state index in [4.69, 9.17) is 16.4 Å². The van der Waals surface area contributed by atoms with Crippen molar-refractivity contribution in [3.8, 4) is 0 Å². The summed E-state index contributed by atoms with van der Waals surface area (Å²) < 4.78 is 22.3. The minimum Gasteiger partial charge on any atom is -0.366 e. The summed E-state index contributed by atoms with van der Waals surface area (Å²) in [4.78, 5) is 10.7. The van der Waals surface area contributed by atoms with Gasteiger partial charge in [-0.1, -0.05) is 0 Å². The number of amides is 1. The van der Waals surface area contributed by atoms with Gasteiger partial charge in [-0.25, -0.2) is 8.42 Å². The Morgan fingerprint density at radius 2 is 2.00 bits per heavy atom. The van der Waals surface area contributed by atoms with E-state index < -0.39 is 15.0 Å². The predicted molar refractivity (Wildman–Crippen MR) is 55.7 cm³/mol. The topological polar surface area (TPSA) is 77.2 Å². The minimum absolute atomic E-state index is 0.0757. The Hall–Kier alpha value is -0.590. The van der Waals surface area contributed by atoms with Crippen molar-refractivity contribution in [2.75, 3.05) is 0 Å². The lowest BCUT2D eigenvalue weighted by Crippen LogP contribution is -2.12. The highest BCUT2D eigenvalue weighted by atomic mass is 79.9. The van der Waals surface area contributed by atoms with Crippen molar-refractivity contribution in [2.24, 2.45) is 5.73 Å². The van der Waals surface area contributed by atoms with E-state index in [9.17, 15) is 13.2 Å². The summed E-state index contributed by atoms with van der Waals surface area (Å²) in [5.41, 5.74) is 5.10. The molecule has 0 saturated carbocycles. The molecule has 2 N–H and O–H groups in total. The van der Waals surface area contributed by atoms with Gasteiger partial charge in [-0.2, -0.15) is 0 Å². The fraction of sp³-hybridized carbons (Fsp3) is 0. The van der Waals surface area contributed by atoms with Gasteiger partial charge in [0.2, 0.25) is 5.91 Å². The Morgan fingerprint density at radius 3 is 2.43 bits per heavy atom. The summed E-state index contributed by atoms with van der Waals surface area (Å²) in [7, 11) is 1.26. The highest BCUT2D eigenvalue weighted by Gasteiger charge is 2.14. The number of rotatable bonds is 2. The molecular formula is C7H5BrClNO3S. The molecule has 0 atom stereocenters. The van der Waals surface area contributed by atoms with Crippen molar-refractivity contribution >= 4 is 41.6 Å². The standard InChI is InChI=1S/C7H5BrClNO3S/c8-6-2-1-4(14(9,12)13)3-5(6)7(10)11/h1-3H,(H2,10,11). The fourth-order valence-corrected chi connectivity index (χ4v) is 2.06. The quantitative estimate of drug-likeness (QED) is 0.840. The van der Waals surface area contributed by atoms with Gasteiger partial charge in [0.1, 0.15) is 0 Å². The predicted octanol–water partition coefficient (Wildman–Crippen LogP) is 1.48. The summed E-state index contributed by atoms with van der Waals surface area (Å²) in [6, 6.07) is 3.79. The largest absolute Gasteiger partial charge is 0.366 e. The number of carbonyl (C=O) groups excluding carboxylic acids is 1. The molecule has 0 radical (unpaired) electrons. The van der Waals surface area contributed by atoms with E-state index >= 15 is 0 Å². The van der Waals surface area contributed by atoms with Crippen LogP contribution < -0.4 is 5.73 Å². The summed E-state index contributed by atoms with van der Waals surface area (Å²) in [6.07, 6.45) is 0. The highest BCUT2D eigenvalue weighted by Crippen LogP contribution is 2.22. The lowest BCUT2D eigenvalue weighted by atomic mass is 10.2. The molecule has 7 heteroatoms. The summed E-state index contributed by atoms with van der Waals surface area (Å²) in [6.45, 7) is 0. The molecule has 1 aromatic rings. The van der Waals surface area contributed by atoms with Crippen molar-refractivity contribution in [1.82, 2.24) is 0 Å². The highest BCUT2D eigenvalue weighted by molar-refractivity contribution is 9.10. The fourth-order valence-electron chi connectivity index (χ4n) is 0.845. The number of halogens is 2. The van der Waals surface area contributed by atoms with Crippen LogP contribution in [0.15, 0.2) is 27.6 Å². The normalized spacial score (nSPS) is 11.3. The third-order valence-corrected chi connectivity index (χ3v) is 3.53. The summed E-state index contributed by atoms with van der Waals surface area (Å²) >= 11 is 3.06. The van der Waals surface area contributed by atoms with Gasteiger partial charge in [0, 0.05) is 15.2 Å². The molecule has 0 aliphatic rings. The second kappa shape index (κ2) is 3.88. The molecule has 0 fully saturated rings. The van der Waals surface area contributed by atoms with E-state index in [0.29, 0.717) is 4.47 Å². The Labute approximate surface area is 93.6 Å². The molecule has 0 spiro atoms. The number of nitrogens with two attached hydrogens (primary N) is 1. The number of hydrogen-bond donors (Lipinski definition) is 1. The van der Waals surface area contributed by atoms with Gasteiger partial charge in [-0.15, -0.1) is 0 Å². The third kappa shape index (κ3) is 2.46. The molecule has 0 saturated heterocycles. The SMILES string of the molecule is NC(=O)c1cc(S(=O)(=O)Cl)ccc1Br. The molecule has 0 unspecified atom stereocenters. The molecule has 14 heavy (non-hydrogen) atoms. The zero-order valence-corrected chi connectivity index (χ0v) is 9.86. The monoisotopic (exact) mass is 297 g/mol. The van der Waals surface area contributed by atoms with Crippen molar-refractivity contribution in [2.45, 2.75) is 4.90 Å². The van der Waals surface area contributed by atoms with Crippen LogP contribution in [0.5, 0.6) is 0 Å². The van der Waals surface area contributed by atoms with Gasteiger partial charge in [0.15, 0.2) is 0 Å². The Morgan fingerprint density at radius 1 is 1.43 bits per heavy atom. The maximum atomic E-state index is 10.9. The Balaban J connectivity index is 3.42. The molecular weight excluding hydrogens is 294 g/mol. The molecule has 0 heterocycles. The van der Waals surface area contributed by atoms with E-state index in [2.05, 4.69) is 15.9 Å². The molecule has 0 bridgehead atoms. The van der Waals surface area contributed by atoms with Crippen LogP contribution in [0.3, 0.4) is 0 Å². The van der Waals surface area contributed by atoms with Crippen molar-refractivity contribution in [1.29, 1.82) is 0 Å². The average Bonchev–Trinajstić information content (AvgIpc) is 2.02. The van der Waals surface area contributed by atoms with Crippen LogP contribution in [0.2, 0.25) is 0 Å². The third-order valence-electron chi connectivity index (χ3n) is 1.48. The molecule has 1 amide bonds. The van der Waals surface area contributed by atoms with Gasteiger partial charge >= 0.3 is 0 Å². The van der Waals surface area contributed by atoms with Crippen LogP contribution in [-0.2, 0) is 9.05 Å². The van der Waals surface area contributed by atoms with Crippen LogP contribution in [0.4, 0.5) is 0 Å². The van der Waals surface area contributed by atoms with Gasteiger partial charge < -0.3 is 5.73 Å². The molecule has 0 aliphatic heterocycles. The van der Waals surface area contributed by atoms with Gasteiger partial charge in [-0.3, -0.25) is 4.79 Å². The van der Waals surface area contributed by atoms with Gasteiger partial charge in [-0.05, 0) is 34.1 Å². The second-order valence-electron chi connectivity index (χ2n) is 2.44. The van der Waals surface area contributed by atoms with Gasteiger partial charge in [0.05, 0.1) is 10.5 Å². The summed E-state index contributed by atoms with van der Waals surface area (Å²) in [5.74, 6) is -0.723. The van der Waals surface area contributed by atoms with Crippen molar-refractivity contribution in [3.05, 3.63) is 28.2 Å². The first kappa shape index (κ1) is 11.5. The molecule has 0 aliphatic carbocycles. The Bertz CT molecular complexity index is 486. The van der Waals surface area contributed by atoms with Crippen LogP contribution in [-0.4, -0.2) is 14.3 Å². The van der Waals surface area contributed by atoms with E-state index in [0.717, 1.165) is 6.07 Å². The van der Waals surface area contributed by atoms with Crippen LogP contribution in [0.1, 0.15) is 10.4 Å². The molecule has 0 aromatic heterocycles. The second-order valence-corrected chi connectivity index (χ2v) is 5.86. The van der Waals surface area contributed by atoms with Crippen LogP contribution in [0.25, 0.3) is 0 Å². The van der Waals surface area contributed by atoms with Crippen LogP contribution in [0, 0.1) is 0 Å². The Kier molecular flexibility index (Phi) is 3.18. The number of benzene rings is 1. The van der Waals surface area contributed by atoms with E-state index in [1.54, 1.807) is 0 Å². The first-order valence-corrected chi connectivity index (χ1v) is 6.46. The van der Waals surface area contributed by atoms with Crippen molar-refractivity contribution < 1.29 is 13.2 Å². The van der Waals surface area contributed by atoms with Gasteiger partial charge in [0.25, 0.3) is 9.05 Å². The first-order chi connectivity index (χ1) is 6.32. The molecule has 4 nitrogen and oxygen atoms in total. The lowest BCUT2D eigenvalue weighted by Gasteiger charge is -2.01. The average molecular weight is 299 g/mol. The smallest absolute Gasteiger partial charge is 0.261 e. The number of hydrogen-bond acceptors (Lipinski definition) is 3. The molecule has 76 valence electrons. The van der Waals surface area contributed by atoms with E-state index in [-0.39, 0.29) is 10.5 Å². The number of primary amides is 1. The zero-order chi connectivity index (χ0) is 10.9. The minimum atomic E-state index is -3.83. The zero-order valence-electron chi connectivity index (χ0n) is 6.70. The molecule has 1 rings (SSSR count). The van der Waals surface area contributed by atoms with E-state index in [1.165, 1.54) is 12.1 Å². The number of carbonyl (C=O) groups is 1. The first-order valence-electron chi connectivity index (χ1n) is 3.36. The summed E-state index contributed by atoms with van der Waals surface area (Å²) in [5, 5.41) is 0. The lowest BCUT2D eigenvalue weighted by molar-refractivity contribution is 0.0999. The maximum absolute atomic E-state index is 10.9.